The number of fused-ring (bicyclic) bond motifs is 1. The molecule has 448 valence electrons. The second kappa shape index (κ2) is 32.1. The van der Waals surface area contributed by atoms with Gasteiger partial charge in [-0.3, -0.25) is 19.2 Å². The molecular formula is C60H78BrN9O12S. The Kier molecular flexibility index (Phi) is 24.3. The normalized spacial score (nSPS) is 16.2. The van der Waals surface area contributed by atoms with Crippen molar-refractivity contribution in [1.29, 1.82) is 0 Å². The largest absolute Gasteiger partial charge is 0.491 e. The third kappa shape index (κ3) is 18.1. The van der Waals surface area contributed by atoms with Gasteiger partial charge in [-0.1, -0.05) is 50.6 Å². The molecule has 2 fully saturated rings. The second-order valence-corrected chi connectivity index (χ2v) is 22.7. The zero-order chi connectivity index (χ0) is 58.5. The van der Waals surface area contributed by atoms with E-state index in [-0.39, 0.29) is 55.7 Å². The molecule has 2 aromatic heterocycles. The van der Waals surface area contributed by atoms with Crippen LogP contribution in [0, 0.1) is 18.8 Å². The monoisotopic (exact) mass is 1230 g/mol. The number of anilines is 3. The Balaban J connectivity index is 0.647. The van der Waals surface area contributed by atoms with Crippen molar-refractivity contribution < 1.29 is 57.4 Å². The van der Waals surface area contributed by atoms with Crippen molar-refractivity contribution >= 4 is 68.3 Å². The highest BCUT2D eigenvalue weighted by Gasteiger charge is 2.46. The molecule has 1 saturated carbocycles. The summed E-state index contributed by atoms with van der Waals surface area (Å²) in [7, 11) is 1.88. The number of benzene rings is 3. The molecule has 21 nitrogen and oxygen atoms in total. The third-order valence-electron chi connectivity index (χ3n) is 14.6. The third-order valence-corrected chi connectivity index (χ3v) is 16.1. The molecular weight excluding hydrogens is 1150 g/mol. The fraction of sp³-hybridized carbons (Fsp3) is 0.517. The molecule has 3 atom stereocenters. The van der Waals surface area contributed by atoms with Crippen LogP contribution in [-0.2, 0) is 51.2 Å². The number of aromatic nitrogens is 3. The van der Waals surface area contributed by atoms with E-state index in [1.165, 1.54) is 16.2 Å². The van der Waals surface area contributed by atoms with Crippen molar-refractivity contribution in [2.45, 2.75) is 84.2 Å². The van der Waals surface area contributed by atoms with Crippen LogP contribution < -0.4 is 25.4 Å². The smallest absolute Gasteiger partial charge is 0.255 e. The number of ether oxygens (including phenoxy) is 7. The highest BCUT2D eigenvalue weighted by atomic mass is 79.9. The standard InChI is InChI=1S/C60H78BrN9O12S/c1-40(2)53(70-37-45-9-5-6-12-49(45)58(70)74)59(75)69-38-47(71)34-51(69)56(72)63-35-44-14-13-43(54-41(3)65-39-83-54)33-52(44)82-32-30-80-28-26-78-24-22-76-21-23-77-25-27-79-29-31-81-48-17-15-46(16-18-48)66-60-64-36-50(61)55(67-60)62-19-8-20-68(4)57(73)42-10-7-11-42/h5-6,9,12-18,33,36,39-40,42,47,51,53,71H,7-8,10-11,19-32,34-35,37-38H2,1-4H3,(H,63,72)(H2,62,64,66,67)/t47-,51+,53+/m1/s1. The van der Waals surface area contributed by atoms with Crippen molar-refractivity contribution in [2.75, 3.05) is 117 Å². The van der Waals surface area contributed by atoms with E-state index in [1.807, 2.05) is 87.3 Å². The van der Waals surface area contributed by atoms with E-state index in [2.05, 4.69) is 46.8 Å². The lowest BCUT2D eigenvalue weighted by Crippen LogP contribution is -2.55. The molecule has 1 saturated heterocycles. The molecule has 4 heterocycles. The highest BCUT2D eigenvalue weighted by Crippen LogP contribution is 2.34. The minimum atomic E-state index is -0.915. The van der Waals surface area contributed by atoms with Gasteiger partial charge in [-0.2, -0.15) is 4.98 Å². The fourth-order valence-corrected chi connectivity index (χ4v) is 11.1. The highest BCUT2D eigenvalue weighted by molar-refractivity contribution is 9.10. The summed E-state index contributed by atoms with van der Waals surface area (Å²) >= 11 is 5.05. The van der Waals surface area contributed by atoms with E-state index in [0.29, 0.717) is 121 Å². The summed E-state index contributed by atoms with van der Waals surface area (Å²) in [6.07, 6.45) is 4.87. The van der Waals surface area contributed by atoms with Gasteiger partial charge in [-0.15, -0.1) is 11.3 Å². The SMILES string of the molecule is Cc1ncsc1-c1ccc(CNC(=O)[C@@H]2C[C@@H](O)CN2C(=O)[C@H](C(C)C)N2Cc3ccccc3C2=O)c(OCCOCCOCCOCCOCCOCCOc2ccc(Nc3ncc(Br)c(NCCCN(C)C(=O)C4CCC4)n3)cc2)c1. The number of carbonyl (C=O) groups is 4. The van der Waals surface area contributed by atoms with Gasteiger partial charge in [0.1, 0.15) is 42.6 Å². The number of nitrogens with zero attached hydrogens (tertiary/aromatic N) is 6. The predicted molar refractivity (Wildman–Crippen MR) is 318 cm³/mol. The van der Waals surface area contributed by atoms with Crippen molar-refractivity contribution in [1.82, 2.24) is 35.0 Å². The summed E-state index contributed by atoms with van der Waals surface area (Å²) in [6.45, 7) is 12.1. The zero-order valence-electron chi connectivity index (χ0n) is 47.9. The summed E-state index contributed by atoms with van der Waals surface area (Å²) in [5.41, 5.74) is 6.59. The van der Waals surface area contributed by atoms with Gasteiger partial charge in [0, 0.05) is 75.1 Å². The molecule has 1 aliphatic carbocycles. The maximum Gasteiger partial charge on any atom is 0.255 e. The van der Waals surface area contributed by atoms with Crippen molar-refractivity contribution in [3.63, 3.8) is 0 Å². The van der Waals surface area contributed by atoms with E-state index < -0.39 is 24.1 Å². The number of likely N-dealkylation sites (tertiary alicyclic amines) is 1. The molecule has 5 aromatic rings. The molecule has 0 unspecified atom stereocenters. The first-order valence-electron chi connectivity index (χ1n) is 28.6. The van der Waals surface area contributed by atoms with Crippen molar-refractivity contribution in [2.24, 2.45) is 11.8 Å². The van der Waals surface area contributed by atoms with Gasteiger partial charge in [-0.25, -0.2) is 9.97 Å². The first kappa shape index (κ1) is 62.7. The summed E-state index contributed by atoms with van der Waals surface area (Å²) in [6, 6.07) is 18.9. The number of carbonyl (C=O) groups excluding carboxylic acids is 4. The molecule has 0 bridgehead atoms. The van der Waals surface area contributed by atoms with Gasteiger partial charge >= 0.3 is 0 Å². The summed E-state index contributed by atoms with van der Waals surface area (Å²) in [5, 5.41) is 20.3. The average Bonchev–Trinajstić information content (AvgIpc) is 3.92. The van der Waals surface area contributed by atoms with Gasteiger partial charge in [0.2, 0.25) is 23.7 Å². The van der Waals surface area contributed by atoms with Gasteiger partial charge in [0.15, 0.2) is 0 Å². The average molecular weight is 1230 g/mol. The number of rotatable bonds is 35. The Bertz CT molecular complexity index is 2900. The minimum Gasteiger partial charge on any atom is -0.491 e. The number of β-amino-alcohol motifs (C(OH)–C–C–N with tert-alkyl or cyclic N) is 1. The van der Waals surface area contributed by atoms with Gasteiger partial charge in [0.25, 0.3) is 5.91 Å². The Labute approximate surface area is 498 Å². The summed E-state index contributed by atoms with van der Waals surface area (Å²) in [4.78, 5) is 73.3. The van der Waals surface area contributed by atoms with Crippen LogP contribution in [0.1, 0.15) is 73.1 Å². The molecule has 4 N–H and O–H groups in total. The van der Waals surface area contributed by atoms with E-state index in [9.17, 15) is 24.3 Å². The first-order valence-corrected chi connectivity index (χ1v) is 30.2. The van der Waals surface area contributed by atoms with Crippen LogP contribution in [0.5, 0.6) is 11.5 Å². The Hall–Kier alpha value is -6.31. The van der Waals surface area contributed by atoms with Crippen molar-refractivity contribution in [3.05, 3.63) is 105 Å². The fourth-order valence-electron chi connectivity index (χ4n) is 9.94. The Morgan fingerprint density at radius 2 is 1.52 bits per heavy atom. The number of aliphatic hydroxyl groups is 1. The number of hydrogen-bond acceptors (Lipinski definition) is 18. The lowest BCUT2D eigenvalue weighted by molar-refractivity contribution is -0.143. The van der Waals surface area contributed by atoms with Crippen LogP contribution in [0.25, 0.3) is 10.4 Å². The van der Waals surface area contributed by atoms with E-state index >= 15 is 0 Å². The number of amides is 4. The quantitative estimate of drug-likeness (QED) is 0.0292. The predicted octanol–water partition coefficient (Wildman–Crippen LogP) is 7.27. The lowest BCUT2D eigenvalue weighted by Gasteiger charge is -2.35. The molecule has 0 radical (unpaired) electrons. The van der Waals surface area contributed by atoms with Crippen LogP contribution in [0.3, 0.4) is 0 Å². The zero-order valence-corrected chi connectivity index (χ0v) is 50.3. The summed E-state index contributed by atoms with van der Waals surface area (Å²) < 4.78 is 41.2. The molecule has 8 rings (SSSR count). The van der Waals surface area contributed by atoms with Crippen LogP contribution in [-0.4, -0.2) is 183 Å². The van der Waals surface area contributed by atoms with E-state index in [1.54, 1.807) is 28.7 Å². The van der Waals surface area contributed by atoms with Gasteiger partial charge in [-0.05, 0) is 95.6 Å². The van der Waals surface area contributed by atoms with Gasteiger partial charge in [0.05, 0.1) is 92.7 Å². The minimum absolute atomic E-state index is 0.00421. The number of halogens is 1. The molecule has 83 heavy (non-hydrogen) atoms. The molecule has 3 aromatic carbocycles. The Morgan fingerprint density at radius 1 is 0.855 bits per heavy atom. The van der Waals surface area contributed by atoms with E-state index in [4.69, 9.17) is 33.2 Å². The first-order chi connectivity index (χ1) is 40.3. The number of aliphatic hydroxyl groups excluding tert-OH is 1. The summed E-state index contributed by atoms with van der Waals surface area (Å²) in [5.74, 6) is 1.66. The lowest BCUT2D eigenvalue weighted by atomic mass is 9.84. The molecule has 2 aliphatic heterocycles. The number of thiazole rings is 1. The molecule has 0 spiro atoms. The van der Waals surface area contributed by atoms with Gasteiger partial charge < -0.3 is 68.9 Å². The van der Waals surface area contributed by atoms with Crippen molar-refractivity contribution in [3.8, 4) is 21.9 Å². The second-order valence-electron chi connectivity index (χ2n) is 20.9. The van der Waals surface area contributed by atoms with Crippen LogP contribution in [0.15, 0.2) is 82.9 Å². The molecule has 4 amide bonds. The van der Waals surface area contributed by atoms with Crippen LogP contribution in [0.2, 0.25) is 0 Å². The maximum absolute atomic E-state index is 14.3. The number of nitrogens with one attached hydrogen (secondary N) is 3. The van der Waals surface area contributed by atoms with Crippen LogP contribution in [0.4, 0.5) is 17.5 Å². The molecule has 23 heteroatoms. The van der Waals surface area contributed by atoms with E-state index in [0.717, 1.165) is 63.1 Å². The topological polar surface area (TPSA) is 238 Å². The van der Waals surface area contributed by atoms with Crippen LogP contribution >= 0.6 is 27.3 Å². The number of hydrogen-bond donors (Lipinski definition) is 4. The maximum atomic E-state index is 14.3. The number of aryl methyl sites for hydroxylation is 1. The molecule has 3 aliphatic rings. The Morgan fingerprint density at radius 3 is 2.14 bits per heavy atom.